The number of nitrogens with one attached hydrogen (secondary N) is 1. The van der Waals surface area contributed by atoms with Crippen LogP contribution in [0.4, 0.5) is 5.69 Å². The second-order valence-electron chi connectivity index (χ2n) is 6.01. The van der Waals surface area contributed by atoms with E-state index < -0.39 is 0 Å². The number of benzene rings is 2. The SMILES string of the molecule is COc1ccc(NCCC(=O)N(Cc2ccccc2)C(C)C)cc1. The summed E-state index contributed by atoms with van der Waals surface area (Å²) in [7, 11) is 1.65. The van der Waals surface area contributed by atoms with E-state index >= 15 is 0 Å². The highest BCUT2D eigenvalue weighted by Gasteiger charge is 2.16. The molecule has 24 heavy (non-hydrogen) atoms. The fraction of sp³-hybridized carbons (Fsp3) is 0.350. The normalized spacial score (nSPS) is 10.5. The topological polar surface area (TPSA) is 41.6 Å². The highest BCUT2D eigenvalue weighted by Crippen LogP contribution is 2.15. The molecule has 0 bridgehead atoms. The van der Waals surface area contributed by atoms with Gasteiger partial charge in [0.15, 0.2) is 0 Å². The van der Waals surface area contributed by atoms with Crippen LogP contribution in [0.25, 0.3) is 0 Å². The fourth-order valence-corrected chi connectivity index (χ4v) is 2.51. The van der Waals surface area contributed by atoms with Gasteiger partial charge >= 0.3 is 0 Å². The molecule has 4 nitrogen and oxygen atoms in total. The third kappa shape index (κ3) is 5.30. The minimum absolute atomic E-state index is 0.162. The molecule has 0 saturated carbocycles. The van der Waals surface area contributed by atoms with E-state index in [-0.39, 0.29) is 11.9 Å². The monoisotopic (exact) mass is 326 g/mol. The molecule has 0 aromatic heterocycles. The van der Waals surface area contributed by atoms with Crippen LogP contribution in [-0.4, -0.2) is 30.5 Å². The molecule has 0 fully saturated rings. The second-order valence-corrected chi connectivity index (χ2v) is 6.01. The van der Waals surface area contributed by atoms with Crippen molar-refractivity contribution >= 4 is 11.6 Å². The van der Waals surface area contributed by atoms with Gasteiger partial charge in [-0.25, -0.2) is 0 Å². The van der Waals surface area contributed by atoms with Gasteiger partial charge in [-0.3, -0.25) is 4.79 Å². The van der Waals surface area contributed by atoms with E-state index in [2.05, 4.69) is 31.3 Å². The number of anilines is 1. The van der Waals surface area contributed by atoms with Crippen LogP contribution in [-0.2, 0) is 11.3 Å². The third-order valence-electron chi connectivity index (χ3n) is 3.90. The van der Waals surface area contributed by atoms with Crippen molar-refractivity contribution < 1.29 is 9.53 Å². The van der Waals surface area contributed by atoms with Crippen LogP contribution in [0.15, 0.2) is 54.6 Å². The van der Waals surface area contributed by atoms with Gasteiger partial charge in [0.25, 0.3) is 0 Å². The van der Waals surface area contributed by atoms with E-state index in [0.29, 0.717) is 19.5 Å². The average Bonchev–Trinajstić information content (AvgIpc) is 2.60. The van der Waals surface area contributed by atoms with Gasteiger partial charge in [0.2, 0.25) is 5.91 Å². The Hall–Kier alpha value is -2.49. The number of methoxy groups -OCH3 is 1. The Labute approximate surface area is 144 Å². The third-order valence-corrected chi connectivity index (χ3v) is 3.90. The zero-order chi connectivity index (χ0) is 17.4. The molecule has 1 amide bonds. The van der Waals surface area contributed by atoms with E-state index in [1.807, 2.05) is 47.4 Å². The van der Waals surface area contributed by atoms with Crippen molar-refractivity contribution in [1.82, 2.24) is 4.90 Å². The van der Waals surface area contributed by atoms with E-state index in [0.717, 1.165) is 17.0 Å². The molecule has 0 aliphatic rings. The van der Waals surface area contributed by atoms with Gasteiger partial charge in [0.05, 0.1) is 7.11 Å². The average molecular weight is 326 g/mol. The summed E-state index contributed by atoms with van der Waals surface area (Å²) < 4.78 is 5.14. The molecule has 128 valence electrons. The van der Waals surface area contributed by atoms with Crippen molar-refractivity contribution in [2.75, 3.05) is 19.0 Å². The maximum absolute atomic E-state index is 12.5. The molecule has 0 heterocycles. The number of hydrogen-bond acceptors (Lipinski definition) is 3. The summed E-state index contributed by atoms with van der Waals surface area (Å²) in [4.78, 5) is 14.5. The van der Waals surface area contributed by atoms with Crippen molar-refractivity contribution in [3.8, 4) is 5.75 Å². The maximum Gasteiger partial charge on any atom is 0.224 e. The lowest BCUT2D eigenvalue weighted by atomic mass is 10.1. The molecular weight excluding hydrogens is 300 g/mol. The number of hydrogen-bond donors (Lipinski definition) is 1. The lowest BCUT2D eigenvalue weighted by molar-refractivity contribution is -0.133. The maximum atomic E-state index is 12.5. The molecule has 2 aromatic rings. The number of nitrogens with zero attached hydrogens (tertiary/aromatic N) is 1. The first kappa shape index (κ1) is 17.9. The van der Waals surface area contributed by atoms with Crippen molar-refractivity contribution in [3.05, 3.63) is 60.2 Å². The van der Waals surface area contributed by atoms with Crippen LogP contribution in [0.5, 0.6) is 5.75 Å². The molecule has 0 saturated heterocycles. The standard InChI is InChI=1S/C20H26N2O2/c1-16(2)22(15-17-7-5-4-6-8-17)20(23)13-14-21-18-9-11-19(24-3)12-10-18/h4-12,16,21H,13-15H2,1-3H3. The molecule has 2 aromatic carbocycles. The lowest BCUT2D eigenvalue weighted by Crippen LogP contribution is -2.37. The van der Waals surface area contributed by atoms with Crippen molar-refractivity contribution in [2.24, 2.45) is 0 Å². The fourth-order valence-electron chi connectivity index (χ4n) is 2.51. The Morgan fingerprint density at radius 2 is 1.75 bits per heavy atom. The van der Waals surface area contributed by atoms with Crippen molar-refractivity contribution in [3.63, 3.8) is 0 Å². The van der Waals surface area contributed by atoms with E-state index in [1.54, 1.807) is 7.11 Å². The predicted octanol–water partition coefficient (Wildman–Crippen LogP) is 3.93. The van der Waals surface area contributed by atoms with Crippen LogP contribution in [0.1, 0.15) is 25.8 Å². The summed E-state index contributed by atoms with van der Waals surface area (Å²) in [6, 6.07) is 18.0. The first-order valence-electron chi connectivity index (χ1n) is 8.31. The van der Waals surface area contributed by atoms with E-state index in [1.165, 1.54) is 0 Å². The summed E-state index contributed by atoms with van der Waals surface area (Å²) in [6.07, 6.45) is 0.469. The van der Waals surface area contributed by atoms with Gasteiger partial charge < -0.3 is 15.0 Å². The van der Waals surface area contributed by atoms with Crippen LogP contribution in [0.2, 0.25) is 0 Å². The Balaban J connectivity index is 1.86. The number of rotatable bonds is 8. The smallest absolute Gasteiger partial charge is 0.224 e. The number of carbonyl (C=O) groups is 1. The quantitative estimate of drug-likeness (QED) is 0.799. The summed E-state index contributed by atoms with van der Waals surface area (Å²) in [5.41, 5.74) is 2.14. The Kier molecular flexibility index (Phi) is 6.67. The van der Waals surface area contributed by atoms with Crippen molar-refractivity contribution in [1.29, 1.82) is 0 Å². The van der Waals surface area contributed by atoms with E-state index in [4.69, 9.17) is 4.74 Å². The highest BCUT2D eigenvalue weighted by molar-refractivity contribution is 5.77. The van der Waals surface area contributed by atoms with Crippen molar-refractivity contribution in [2.45, 2.75) is 32.9 Å². The molecule has 0 atom stereocenters. The first-order chi connectivity index (χ1) is 11.6. The van der Waals surface area contributed by atoms with Gasteiger partial charge in [-0.15, -0.1) is 0 Å². The molecular formula is C20H26N2O2. The second kappa shape index (κ2) is 8.96. The minimum Gasteiger partial charge on any atom is -0.497 e. The molecule has 0 unspecified atom stereocenters. The Morgan fingerprint density at radius 3 is 2.33 bits per heavy atom. The molecule has 2 rings (SSSR count). The summed E-state index contributed by atoms with van der Waals surface area (Å²) in [5.74, 6) is 0.986. The highest BCUT2D eigenvalue weighted by atomic mass is 16.5. The number of amides is 1. The van der Waals surface area contributed by atoms with Gasteiger partial charge in [-0.1, -0.05) is 30.3 Å². The zero-order valence-corrected chi connectivity index (χ0v) is 14.7. The van der Waals surface area contributed by atoms with Gasteiger partial charge in [0, 0.05) is 31.2 Å². The largest absolute Gasteiger partial charge is 0.497 e. The number of ether oxygens (including phenoxy) is 1. The summed E-state index contributed by atoms with van der Waals surface area (Å²) in [5, 5.41) is 3.28. The molecule has 4 heteroatoms. The van der Waals surface area contributed by atoms with Gasteiger partial charge in [-0.05, 0) is 43.7 Å². The number of carbonyl (C=O) groups excluding carboxylic acids is 1. The lowest BCUT2D eigenvalue weighted by Gasteiger charge is -2.27. The summed E-state index contributed by atoms with van der Waals surface area (Å²) in [6.45, 7) is 5.37. The Bertz CT molecular complexity index is 624. The van der Waals surface area contributed by atoms with Crippen LogP contribution < -0.4 is 10.1 Å². The first-order valence-corrected chi connectivity index (χ1v) is 8.31. The molecule has 0 spiro atoms. The van der Waals surface area contributed by atoms with Gasteiger partial charge in [0.1, 0.15) is 5.75 Å². The van der Waals surface area contributed by atoms with Gasteiger partial charge in [-0.2, -0.15) is 0 Å². The zero-order valence-electron chi connectivity index (χ0n) is 14.7. The van der Waals surface area contributed by atoms with E-state index in [9.17, 15) is 4.79 Å². The van der Waals surface area contributed by atoms with Crippen LogP contribution in [0.3, 0.4) is 0 Å². The van der Waals surface area contributed by atoms with Crippen LogP contribution >= 0.6 is 0 Å². The summed E-state index contributed by atoms with van der Waals surface area (Å²) >= 11 is 0. The minimum atomic E-state index is 0.162. The predicted molar refractivity (Wildman–Crippen MR) is 98.2 cm³/mol. The molecule has 1 N–H and O–H groups in total. The molecule has 0 radical (unpaired) electrons. The molecule has 0 aliphatic heterocycles. The molecule has 0 aliphatic carbocycles. The Morgan fingerprint density at radius 1 is 1.08 bits per heavy atom. The van der Waals surface area contributed by atoms with Crippen LogP contribution in [0, 0.1) is 0 Å².